The van der Waals surface area contributed by atoms with Gasteiger partial charge in [-0.3, -0.25) is 14.4 Å². The maximum absolute atomic E-state index is 14.2. The van der Waals surface area contributed by atoms with E-state index in [-0.39, 0.29) is 48.8 Å². The molecule has 3 amide bonds. The van der Waals surface area contributed by atoms with Crippen LogP contribution in [-0.2, 0) is 16.1 Å². The number of furan rings is 1. The molecule has 2 fully saturated rings. The average Bonchev–Trinajstić information content (AvgIpc) is 3.27. The van der Waals surface area contributed by atoms with Gasteiger partial charge in [-0.1, -0.05) is 6.07 Å². The zero-order valence-electron chi connectivity index (χ0n) is 23.8. The number of carbonyl (C=O) groups is 3. The second-order valence-corrected chi connectivity index (χ2v) is 11.4. The minimum absolute atomic E-state index is 0.0147. The summed E-state index contributed by atoms with van der Waals surface area (Å²) >= 11 is 0. The Hall–Kier alpha value is -4.12. The van der Waals surface area contributed by atoms with E-state index < -0.39 is 23.2 Å². The van der Waals surface area contributed by atoms with Gasteiger partial charge in [-0.25, -0.2) is 4.39 Å². The van der Waals surface area contributed by atoms with Crippen LogP contribution >= 0.6 is 0 Å². The summed E-state index contributed by atoms with van der Waals surface area (Å²) in [5.41, 5.74) is -0.0229. The fraction of sp³-hybridized carbons (Fsp3) is 0.452. The number of hydrogen-bond donors (Lipinski definition) is 2. The minimum Gasteiger partial charge on any atom is -0.496 e. The van der Waals surface area contributed by atoms with Crippen LogP contribution in [0.25, 0.3) is 11.0 Å². The fourth-order valence-electron chi connectivity index (χ4n) is 5.85. The molecule has 0 saturated heterocycles. The molecule has 2 aliphatic carbocycles. The van der Waals surface area contributed by atoms with Crippen molar-refractivity contribution >= 4 is 28.7 Å². The van der Waals surface area contributed by atoms with Crippen LogP contribution < -0.4 is 20.1 Å². The van der Waals surface area contributed by atoms with E-state index in [4.69, 9.17) is 18.6 Å². The number of amides is 3. The lowest BCUT2D eigenvalue weighted by Crippen LogP contribution is -2.66. The summed E-state index contributed by atoms with van der Waals surface area (Å²) in [4.78, 5) is 42.3. The van der Waals surface area contributed by atoms with Crippen molar-refractivity contribution in [2.75, 3.05) is 20.8 Å². The third-order valence-electron chi connectivity index (χ3n) is 8.74. The number of fused-ring (bicyclic) bond motifs is 3. The van der Waals surface area contributed by atoms with Crippen molar-refractivity contribution in [1.29, 1.82) is 0 Å². The van der Waals surface area contributed by atoms with Crippen LogP contribution in [0.5, 0.6) is 11.5 Å². The highest BCUT2D eigenvalue weighted by Gasteiger charge is 2.53. The van der Waals surface area contributed by atoms with E-state index in [1.165, 1.54) is 24.1 Å². The summed E-state index contributed by atoms with van der Waals surface area (Å²) in [6.45, 7) is 1.59. The predicted octanol–water partition coefficient (Wildman–Crippen LogP) is 3.95. The normalized spacial score (nSPS) is 23.7. The van der Waals surface area contributed by atoms with Gasteiger partial charge in [-0.2, -0.15) is 0 Å². The first-order valence-corrected chi connectivity index (χ1v) is 14.2. The lowest BCUT2D eigenvalue weighted by molar-refractivity contribution is -0.138. The third kappa shape index (κ3) is 4.85. The maximum Gasteiger partial charge on any atom is 0.294 e. The van der Waals surface area contributed by atoms with Gasteiger partial charge in [0.15, 0.2) is 11.3 Å². The molecule has 3 aliphatic rings. The molecule has 2 heterocycles. The van der Waals surface area contributed by atoms with Crippen LogP contribution in [0.1, 0.15) is 65.5 Å². The van der Waals surface area contributed by atoms with Gasteiger partial charge in [0, 0.05) is 42.9 Å². The molecular weight excluding hydrogens is 545 g/mol. The molecule has 1 aromatic heterocycles. The van der Waals surface area contributed by atoms with Crippen molar-refractivity contribution in [3.8, 4) is 11.5 Å². The van der Waals surface area contributed by atoms with Crippen molar-refractivity contribution in [2.24, 2.45) is 0 Å². The Morgan fingerprint density at radius 1 is 1.14 bits per heavy atom. The summed E-state index contributed by atoms with van der Waals surface area (Å²) in [6, 6.07) is 8.99. The molecule has 1 atom stereocenters. The highest BCUT2D eigenvalue weighted by Crippen LogP contribution is 2.42. The Kier molecular flexibility index (Phi) is 7.30. The standard InChI is InChI=1S/C31H34FN3O7/c1-31(30(38)33-15-18-7-9-19(32)12-24(18)40-3)16-41-26-23-10-8-17(28(36)34-20-5-4-6-20)11-25(23)42-27(26)29(37)35(31)21-13-22(14-21)39-2/h7-12,20-22H,4-6,13-16H2,1-3H3,(H,33,38)(H,34,36)/t21-,22+,31?. The number of hydrogen-bond acceptors (Lipinski definition) is 7. The monoisotopic (exact) mass is 579 g/mol. The highest BCUT2D eigenvalue weighted by atomic mass is 19.1. The van der Waals surface area contributed by atoms with Crippen molar-refractivity contribution in [1.82, 2.24) is 15.5 Å². The second kappa shape index (κ2) is 10.9. The number of nitrogens with one attached hydrogen (secondary N) is 2. The lowest BCUT2D eigenvalue weighted by atomic mass is 9.83. The van der Waals surface area contributed by atoms with Gasteiger partial charge in [0.1, 0.15) is 23.8 Å². The molecule has 0 bridgehead atoms. The van der Waals surface area contributed by atoms with E-state index in [9.17, 15) is 18.8 Å². The zero-order valence-corrected chi connectivity index (χ0v) is 23.8. The summed E-state index contributed by atoms with van der Waals surface area (Å²) in [6.07, 6.45) is 4.12. The lowest BCUT2D eigenvalue weighted by Gasteiger charge is -2.48. The van der Waals surface area contributed by atoms with Crippen LogP contribution in [0.15, 0.2) is 40.8 Å². The van der Waals surface area contributed by atoms with Gasteiger partial charge in [0.25, 0.3) is 11.8 Å². The largest absolute Gasteiger partial charge is 0.496 e. The number of nitrogens with zero attached hydrogens (tertiary/aromatic N) is 1. The molecule has 2 saturated carbocycles. The Bertz CT molecular complexity index is 1540. The molecule has 11 heteroatoms. The van der Waals surface area contributed by atoms with Crippen molar-refractivity contribution < 1.29 is 37.4 Å². The van der Waals surface area contributed by atoms with E-state index in [1.807, 2.05) is 0 Å². The molecule has 42 heavy (non-hydrogen) atoms. The molecule has 0 radical (unpaired) electrons. The number of halogens is 1. The highest BCUT2D eigenvalue weighted by molar-refractivity contribution is 6.06. The number of rotatable bonds is 8. The molecule has 2 N–H and O–H groups in total. The van der Waals surface area contributed by atoms with Crippen LogP contribution in [0.3, 0.4) is 0 Å². The van der Waals surface area contributed by atoms with Crippen LogP contribution in [0.2, 0.25) is 0 Å². The van der Waals surface area contributed by atoms with Gasteiger partial charge < -0.3 is 34.2 Å². The van der Waals surface area contributed by atoms with E-state index in [1.54, 1.807) is 38.3 Å². The van der Waals surface area contributed by atoms with Gasteiger partial charge >= 0.3 is 0 Å². The molecule has 0 spiro atoms. The molecule has 1 unspecified atom stereocenters. The predicted molar refractivity (Wildman–Crippen MR) is 150 cm³/mol. The number of methoxy groups -OCH3 is 2. The molecule has 10 nitrogen and oxygen atoms in total. The topological polar surface area (TPSA) is 119 Å². The Morgan fingerprint density at radius 2 is 1.93 bits per heavy atom. The first-order valence-electron chi connectivity index (χ1n) is 14.2. The average molecular weight is 580 g/mol. The third-order valence-corrected chi connectivity index (χ3v) is 8.74. The van der Waals surface area contributed by atoms with Crippen LogP contribution in [-0.4, -0.2) is 67.2 Å². The first kappa shape index (κ1) is 28.0. The first-order chi connectivity index (χ1) is 20.2. The van der Waals surface area contributed by atoms with Crippen molar-refractivity contribution in [3.05, 3.63) is 59.1 Å². The molecule has 222 valence electrons. The summed E-state index contributed by atoms with van der Waals surface area (Å²) in [5.74, 6) is -1.02. The number of carbonyl (C=O) groups excluding carboxylic acids is 3. The van der Waals surface area contributed by atoms with Gasteiger partial charge in [-0.15, -0.1) is 0 Å². The second-order valence-electron chi connectivity index (χ2n) is 11.4. The Morgan fingerprint density at radius 3 is 2.62 bits per heavy atom. The number of ether oxygens (including phenoxy) is 3. The smallest absolute Gasteiger partial charge is 0.294 e. The Labute approximate surface area is 242 Å². The Balaban J connectivity index is 1.29. The molecule has 2 aromatic carbocycles. The minimum atomic E-state index is -1.40. The van der Waals surface area contributed by atoms with Gasteiger partial charge in [-0.05, 0) is 63.3 Å². The van der Waals surface area contributed by atoms with Gasteiger partial charge in [0.05, 0.1) is 18.6 Å². The van der Waals surface area contributed by atoms with E-state index >= 15 is 0 Å². The van der Waals surface area contributed by atoms with Gasteiger partial charge in [0.2, 0.25) is 11.7 Å². The molecule has 1 aliphatic heterocycles. The van der Waals surface area contributed by atoms with E-state index in [2.05, 4.69) is 10.6 Å². The molecule has 6 rings (SSSR count). The quantitative estimate of drug-likeness (QED) is 0.415. The van der Waals surface area contributed by atoms with Crippen molar-refractivity contribution in [2.45, 2.75) is 69.3 Å². The maximum atomic E-state index is 14.2. The van der Waals surface area contributed by atoms with Crippen LogP contribution in [0, 0.1) is 5.82 Å². The SMILES string of the molecule is COc1cc(F)ccc1CNC(=O)C1(C)COc2c(oc3cc(C(=O)NC4CCC4)ccc23)C(=O)N1[C@H]1C[C@@H](OC)C1. The zero-order chi connectivity index (χ0) is 29.6. The van der Waals surface area contributed by atoms with E-state index in [0.29, 0.717) is 40.7 Å². The summed E-state index contributed by atoms with van der Waals surface area (Å²) in [5, 5.41) is 6.45. The molecule has 3 aromatic rings. The summed E-state index contributed by atoms with van der Waals surface area (Å²) < 4.78 is 36.7. The van der Waals surface area contributed by atoms with E-state index in [0.717, 1.165) is 19.3 Å². The molecular formula is C31H34FN3O7. The fourth-order valence-corrected chi connectivity index (χ4v) is 5.85. The summed E-state index contributed by atoms with van der Waals surface area (Å²) in [7, 11) is 3.05. The number of benzene rings is 2. The van der Waals surface area contributed by atoms with Crippen LogP contribution in [0.4, 0.5) is 4.39 Å². The van der Waals surface area contributed by atoms with Crippen molar-refractivity contribution in [3.63, 3.8) is 0 Å².